The molecule has 0 fully saturated rings. The number of ether oxygens (including phenoxy) is 1. The van der Waals surface area contributed by atoms with E-state index in [0.717, 1.165) is 18.2 Å². The number of nitro groups is 1. The molecular formula is C13H15FN2O5. The van der Waals surface area contributed by atoms with Gasteiger partial charge in [-0.25, -0.2) is 0 Å². The number of nitrogens with one attached hydrogen (secondary N) is 1. The Kier molecular flexibility index (Phi) is 6.25. The zero-order chi connectivity index (χ0) is 15.8. The van der Waals surface area contributed by atoms with Gasteiger partial charge in [0.1, 0.15) is 0 Å². The topological polar surface area (TPSA) is 98.5 Å². The zero-order valence-electron chi connectivity index (χ0n) is 11.4. The van der Waals surface area contributed by atoms with Gasteiger partial charge in [-0.15, -0.1) is 0 Å². The van der Waals surface area contributed by atoms with Crippen LogP contribution in [0.2, 0.25) is 0 Å². The Morgan fingerprint density at radius 3 is 2.76 bits per heavy atom. The minimum absolute atomic E-state index is 0.0146. The van der Waals surface area contributed by atoms with E-state index in [0.29, 0.717) is 13.0 Å². The van der Waals surface area contributed by atoms with Crippen molar-refractivity contribution in [1.82, 2.24) is 5.32 Å². The quantitative estimate of drug-likeness (QED) is 0.358. The van der Waals surface area contributed by atoms with E-state index < -0.39 is 22.3 Å². The molecule has 0 atom stereocenters. The molecule has 0 aromatic heterocycles. The highest BCUT2D eigenvalue weighted by atomic mass is 19.1. The third kappa shape index (κ3) is 5.17. The molecule has 1 amide bonds. The monoisotopic (exact) mass is 298 g/mol. The SMILES string of the molecule is CCOC(=O)CCCNC(=O)c1ccc(F)c([N+](=O)[O-])c1. The average molecular weight is 298 g/mol. The van der Waals surface area contributed by atoms with Crippen molar-refractivity contribution in [3.63, 3.8) is 0 Å². The second kappa shape index (κ2) is 7.93. The number of carbonyl (C=O) groups excluding carboxylic acids is 2. The fraction of sp³-hybridized carbons (Fsp3) is 0.385. The third-order valence-electron chi connectivity index (χ3n) is 2.55. The molecule has 0 spiro atoms. The van der Waals surface area contributed by atoms with Crippen LogP contribution >= 0.6 is 0 Å². The van der Waals surface area contributed by atoms with Crippen molar-refractivity contribution in [2.75, 3.05) is 13.2 Å². The lowest BCUT2D eigenvalue weighted by molar-refractivity contribution is -0.387. The molecule has 0 heterocycles. The third-order valence-corrected chi connectivity index (χ3v) is 2.55. The first-order chi connectivity index (χ1) is 9.95. The summed E-state index contributed by atoms with van der Waals surface area (Å²) in [7, 11) is 0. The van der Waals surface area contributed by atoms with Crippen LogP contribution in [0, 0.1) is 15.9 Å². The van der Waals surface area contributed by atoms with Gasteiger partial charge in [-0.3, -0.25) is 19.7 Å². The van der Waals surface area contributed by atoms with Crippen molar-refractivity contribution in [2.24, 2.45) is 0 Å². The van der Waals surface area contributed by atoms with Gasteiger partial charge in [0.25, 0.3) is 5.91 Å². The van der Waals surface area contributed by atoms with E-state index in [1.54, 1.807) is 6.92 Å². The number of nitrogens with zero attached hydrogens (tertiary/aromatic N) is 1. The number of rotatable bonds is 7. The number of carbonyl (C=O) groups is 2. The summed E-state index contributed by atoms with van der Waals surface area (Å²) in [4.78, 5) is 32.5. The van der Waals surface area contributed by atoms with Gasteiger partial charge in [0.2, 0.25) is 5.82 Å². The number of hydrogen-bond acceptors (Lipinski definition) is 5. The molecule has 0 saturated carbocycles. The summed E-state index contributed by atoms with van der Waals surface area (Å²) in [5, 5.41) is 13.1. The molecule has 0 aliphatic carbocycles. The van der Waals surface area contributed by atoms with E-state index in [4.69, 9.17) is 4.74 Å². The lowest BCUT2D eigenvalue weighted by Gasteiger charge is -2.05. The van der Waals surface area contributed by atoms with Crippen LogP contribution in [0.1, 0.15) is 30.1 Å². The first-order valence-corrected chi connectivity index (χ1v) is 6.33. The van der Waals surface area contributed by atoms with Crippen LogP contribution in [0.15, 0.2) is 18.2 Å². The molecule has 0 radical (unpaired) electrons. The van der Waals surface area contributed by atoms with Crippen LogP contribution in [-0.2, 0) is 9.53 Å². The van der Waals surface area contributed by atoms with Crippen molar-refractivity contribution >= 4 is 17.6 Å². The second-order valence-electron chi connectivity index (χ2n) is 4.09. The predicted molar refractivity (Wildman–Crippen MR) is 71.3 cm³/mol. The number of amides is 1. The summed E-state index contributed by atoms with van der Waals surface area (Å²) in [6.07, 6.45) is 0.547. The number of benzene rings is 1. The number of halogens is 1. The standard InChI is InChI=1S/C13H15FN2O5/c1-2-21-12(17)4-3-7-15-13(18)9-5-6-10(14)11(8-9)16(19)20/h5-6,8H,2-4,7H2,1H3,(H,15,18). The Morgan fingerprint density at radius 2 is 2.14 bits per heavy atom. The van der Waals surface area contributed by atoms with E-state index in [-0.39, 0.29) is 24.5 Å². The van der Waals surface area contributed by atoms with Crippen molar-refractivity contribution in [2.45, 2.75) is 19.8 Å². The predicted octanol–water partition coefficient (Wildman–Crippen LogP) is 1.81. The molecular weight excluding hydrogens is 283 g/mol. The Hall–Kier alpha value is -2.51. The number of hydrogen-bond donors (Lipinski definition) is 1. The molecule has 0 saturated heterocycles. The van der Waals surface area contributed by atoms with Gasteiger partial charge < -0.3 is 10.1 Å². The van der Waals surface area contributed by atoms with Crippen molar-refractivity contribution in [3.8, 4) is 0 Å². The molecule has 1 aromatic rings. The molecule has 8 heteroatoms. The van der Waals surface area contributed by atoms with Gasteiger partial charge in [0.15, 0.2) is 0 Å². The molecule has 1 rings (SSSR count). The Labute approximate surface area is 120 Å². The fourth-order valence-corrected chi connectivity index (χ4v) is 1.56. The van der Waals surface area contributed by atoms with Crippen LogP contribution in [0.4, 0.5) is 10.1 Å². The van der Waals surface area contributed by atoms with Gasteiger partial charge in [0.05, 0.1) is 11.5 Å². The van der Waals surface area contributed by atoms with Crippen molar-refractivity contribution in [3.05, 3.63) is 39.7 Å². The van der Waals surface area contributed by atoms with Crippen LogP contribution in [0.3, 0.4) is 0 Å². The van der Waals surface area contributed by atoms with Gasteiger partial charge >= 0.3 is 11.7 Å². The molecule has 21 heavy (non-hydrogen) atoms. The number of esters is 1. The molecule has 114 valence electrons. The van der Waals surface area contributed by atoms with Crippen molar-refractivity contribution in [1.29, 1.82) is 0 Å². The first kappa shape index (κ1) is 16.5. The Bertz CT molecular complexity index is 547. The normalized spacial score (nSPS) is 10.0. The maximum Gasteiger partial charge on any atom is 0.305 e. The second-order valence-corrected chi connectivity index (χ2v) is 4.09. The summed E-state index contributed by atoms with van der Waals surface area (Å²) >= 11 is 0. The lowest BCUT2D eigenvalue weighted by Crippen LogP contribution is -2.25. The minimum Gasteiger partial charge on any atom is -0.466 e. The van der Waals surface area contributed by atoms with Gasteiger partial charge in [0, 0.05) is 24.6 Å². The van der Waals surface area contributed by atoms with Crippen molar-refractivity contribution < 1.29 is 23.6 Å². The maximum atomic E-state index is 13.1. The maximum absolute atomic E-state index is 13.1. The van der Waals surface area contributed by atoms with E-state index in [2.05, 4.69) is 5.32 Å². The van der Waals surface area contributed by atoms with Crippen LogP contribution < -0.4 is 5.32 Å². The summed E-state index contributed by atoms with van der Waals surface area (Å²) in [5.41, 5.74) is -0.770. The largest absolute Gasteiger partial charge is 0.466 e. The van der Waals surface area contributed by atoms with Gasteiger partial charge in [-0.2, -0.15) is 4.39 Å². The molecule has 1 N–H and O–H groups in total. The van der Waals surface area contributed by atoms with E-state index in [9.17, 15) is 24.1 Å². The Morgan fingerprint density at radius 1 is 1.43 bits per heavy atom. The average Bonchev–Trinajstić information content (AvgIpc) is 2.43. The fourth-order valence-electron chi connectivity index (χ4n) is 1.56. The van der Waals surface area contributed by atoms with Gasteiger partial charge in [-0.05, 0) is 25.5 Å². The van der Waals surface area contributed by atoms with Crippen LogP contribution in [0.5, 0.6) is 0 Å². The summed E-state index contributed by atoms with van der Waals surface area (Å²) in [5.74, 6) is -1.93. The summed E-state index contributed by atoms with van der Waals surface area (Å²) in [6.45, 7) is 2.20. The van der Waals surface area contributed by atoms with E-state index in [1.165, 1.54) is 0 Å². The van der Waals surface area contributed by atoms with Crippen LogP contribution in [0.25, 0.3) is 0 Å². The van der Waals surface area contributed by atoms with Gasteiger partial charge in [-0.1, -0.05) is 0 Å². The highest BCUT2D eigenvalue weighted by Crippen LogP contribution is 2.18. The molecule has 0 aliphatic rings. The van der Waals surface area contributed by atoms with E-state index in [1.807, 2.05) is 0 Å². The molecule has 0 aliphatic heterocycles. The summed E-state index contributed by atoms with van der Waals surface area (Å²) < 4.78 is 17.8. The zero-order valence-corrected chi connectivity index (χ0v) is 11.4. The van der Waals surface area contributed by atoms with Crippen LogP contribution in [-0.4, -0.2) is 30.0 Å². The highest BCUT2D eigenvalue weighted by molar-refractivity contribution is 5.94. The first-order valence-electron chi connectivity index (χ1n) is 6.33. The molecule has 0 bridgehead atoms. The van der Waals surface area contributed by atoms with E-state index >= 15 is 0 Å². The minimum atomic E-state index is -1.00. The Balaban J connectivity index is 2.51. The molecule has 0 unspecified atom stereocenters. The molecule has 7 nitrogen and oxygen atoms in total. The smallest absolute Gasteiger partial charge is 0.305 e. The highest BCUT2D eigenvalue weighted by Gasteiger charge is 2.17. The summed E-state index contributed by atoms with van der Waals surface area (Å²) in [6, 6.07) is 2.89. The lowest BCUT2D eigenvalue weighted by atomic mass is 10.2. The number of nitro benzene ring substituents is 1. The molecule has 1 aromatic carbocycles.